The number of nitrogens with two attached hydrogens (primary N) is 1. The highest BCUT2D eigenvalue weighted by atomic mass is 35.5. The van der Waals surface area contributed by atoms with Crippen LogP contribution < -0.4 is 20.1 Å². The van der Waals surface area contributed by atoms with Crippen LogP contribution in [0.4, 0.5) is 5.69 Å². The van der Waals surface area contributed by atoms with Crippen LogP contribution in [0.5, 0.6) is 5.75 Å². The summed E-state index contributed by atoms with van der Waals surface area (Å²) in [5, 5.41) is 0.565. The van der Waals surface area contributed by atoms with E-state index in [1.165, 1.54) is 5.56 Å². The van der Waals surface area contributed by atoms with Gasteiger partial charge in [0.15, 0.2) is 6.29 Å². The Balaban J connectivity index is 1.34. The van der Waals surface area contributed by atoms with Crippen molar-refractivity contribution in [2.75, 3.05) is 31.2 Å². The third-order valence-electron chi connectivity index (χ3n) is 10.5. The summed E-state index contributed by atoms with van der Waals surface area (Å²) in [4.78, 5) is 15.9. The van der Waals surface area contributed by atoms with E-state index in [0.717, 1.165) is 86.5 Å². The Morgan fingerprint density at radius 2 is 1.80 bits per heavy atom. The SMILES string of the molecule is C[C@@H]1[C@@H](C)CCC[C@H]([C@H]2OC[C@H](N)CO2)[C@@H]2CC[C@H]2CN2CCCCc3cc(Cl)ccc3COc3ccc(cc32)C(=O)N[S+]1[O-]. The number of amides is 1. The number of hydrogen-bond donors (Lipinski definition) is 2. The second-order valence-electron chi connectivity index (χ2n) is 13.6. The lowest BCUT2D eigenvalue weighted by atomic mass is 9.65. The number of carbonyl (C=O) groups is 1. The van der Waals surface area contributed by atoms with E-state index >= 15 is 0 Å². The normalized spacial score (nSPS) is 33.4. The van der Waals surface area contributed by atoms with Gasteiger partial charge in [0.05, 0.1) is 36.3 Å². The minimum atomic E-state index is -1.51. The molecular weight excluding hydrogens is 610 g/mol. The predicted molar refractivity (Wildman–Crippen MR) is 179 cm³/mol. The van der Waals surface area contributed by atoms with Gasteiger partial charge < -0.3 is 29.4 Å². The molecule has 6 atom stereocenters. The quantitative estimate of drug-likeness (QED) is 0.362. The molecule has 2 bridgehead atoms. The number of anilines is 1. The van der Waals surface area contributed by atoms with Crippen LogP contribution in [0.25, 0.3) is 0 Å². The summed E-state index contributed by atoms with van der Waals surface area (Å²) < 4.78 is 35.1. The Bertz CT molecular complexity index is 1320. The Morgan fingerprint density at radius 1 is 0.978 bits per heavy atom. The molecule has 4 aliphatic rings. The lowest BCUT2D eigenvalue weighted by molar-refractivity contribution is -0.229. The number of hydrogen-bond acceptors (Lipinski definition) is 7. The zero-order valence-electron chi connectivity index (χ0n) is 26.5. The summed E-state index contributed by atoms with van der Waals surface area (Å²) in [6, 6.07) is 11.6. The molecule has 45 heavy (non-hydrogen) atoms. The highest BCUT2D eigenvalue weighted by molar-refractivity contribution is 7.90. The number of benzene rings is 2. The predicted octanol–water partition coefficient (Wildman–Crippen LogP) is 6.01. The van der Waals surface area contributed by atoms with Crippen LogP contribution in [0.1, 0.15) is 80.3 Å². The maximum atomic E-state index is 13.4. The number of ether oxygens (including phenoxy) is 3. The first kappa shape index (κ1) is 32.9. The highest BCUT2D eigenvalue weighted by Gasteiger charge is 2.43. The van der Waals surface area contributed by atoms with Crippen LogP contribution in [0.3, 0.4) is 0 Å². The van der Waals surface area contributed by atoms with Gasteiger partial charge in [0.1, 0.15) is 17.6 Å². The van der Waals surface area contributed by atoms with Crippen LogP contribution in [0, 0.1) is 23.7 Å². The molecule has 8 nitrogen and oxygen atoms in total. The van der Waals surface area contributed by atoms with Crippen molar-refractivity contribution in [1.82, 2.24) is 4.72 Å². The molecule has 1 unspecified atom stereocenters. The third kappa shape index (κ3) is 7.77. The largest absolute Gasteiger partial charge is 0.593 e. The van der Waals surface area contributed by atoms with Gasteiger partial charge in [-0.2, -0.15) is 4.72 Å². The van der Waals surface area contributed by atoms with Crippen molar-refractivity contribution in [1.29, 1.82) is 0 Å². The minimum Gasteiger partial charge on any atom is -0.593 e. The van der Waals surface area contributed by atoms with Crippen molar-refractivity contribution in [2.45, 2.75) is 89.4 Å². The number of nitrogens with one attached hydrogen (secondary N) is 1. The van der Waals surface area contributed by atoms with E-state index in [2.05, 4.69) is 28.7 Å². The first-order valence-corrected chi connectivity index (χ1v) is 18.4. The molecule has 1 aliphatic carbocycles. The van der Waals surface area contributed by atoms with Crippen molar-refractivity contribution in [3.05, 3.63) is 58.1 Å². The van der Waals surface area contributed by atoms with Crippen molar-refractivity contribution in [3.8, 4) is 5.75 Å². The molecule has 1 saturated carbocycles. The Hall–Kier alpha value is -2.01. The average molecular weight is 658 g/mol. The fourth-order valence-corrected chi connectivity index (χ4v) is 8.68. The Kier molecular flexibility index (Phi) is 10.8. The van der Waals surface area contributed by atoms with Crippen LogP contribution in [0.2, 0.25) is 5.02 Å². The number of fused-ring (bicyclic) bond motifs is 3. The third-order valence-corrected chi connectivity index (χ3v) is 12.3. The maximum Gasteiger partial charge on any atom is 0.292 e. The van der Waals surface area contributed by atoms with Gasteiger partial charge in [-0.25, -0.2) is 0 Å². The van der Waals surface area contributed by atoms with Gasteiger partial charge in [-0.1, -0.05) is 31.0 Å². The zero-order chi connectivity index (χ0) is 31.5. The monoisotopic (exact) mass is 657 g/mol. The van der Waals surface area contributed by atoms with Gasteiger partial charge in [0.25, 0.3) is 5.91 Å². The van der Waals surface area contributed by atoms with Crippen molar-refractivity contribution >= 4 is 34.6 Å². The van der Waals surface area contributed by atoms with Crippen LogP contribution in [0.15, 0.2) is 36.4 Å². The number of carbonyl (C=O) groups excluding carboxylic acids is 1. The van der Waals surface area contributed by atoms with Crippen LogP contribution >= 0.6 is 11.6 Å². The molecule has 0 radical (unpaired) electrons. The lowest BCUT2D eigenvalue weighted by Crippen LogP contribution is -2.50. The molecule has 0 spiro atoms. The van der Waals surface area contributed by atoms with E-state index in [1.807, 2.05) is 25.1 Å². The second-order valence-corrected chi connectivity index (χ2v) is 15.6. The number of rotatable bonds is 1. The molecule has 2 aromatic carbocycles. The molecule has 3 heterocycles. The first-order chi connectivity index (χ1) is 21.8. The summed E-state index contributed by atoms with van der Waals surface area (Å²) in [5.41, 5.74) is 9.87. The van der Waals surface area contributed by atoms with Crippen molar-refractivity contribution in [2.24, 2.45) is 29.4 Å². The highest BCUT2D eigenvalue weighted by Crippen LogP contribution is 2.46. The van der Waals surface area contributed by atoms with Gasteiger partial charge >= 0.3 is 0 Å². The molecular formula is C35H48ClN3O5S. The van der Waals surface area contributed by atoms with Crippen LogP contribution in [-0.4, -0.2) is 54.3 Å². The average Bonchev–Trinajstić information content (AvgIpc) is 3.05. The molecule has 1 saturated heterocycles. The lowest BCUT2D eigenvalue weighted by Gasteiger charge is -2.47. The van der Waals surface area contributed by atoms with Gasteiger partial charge in [-0.05, 0) is 105 Å². The fourth-order valence-electron chi connectivity index (χ4n) is 7.44. The summed E-state index contributed by atoms with van der Waals surface area (Å²) in [7, 11) is 0. The smallest absolute Gasteiger partial charge is 0.292 e. The molecule has 6 rings (SSSR count). The van der Waals surface area contributed by atoms with E-state index in [-0.39, 0.29) is 35.3 Å². The number of nitrogens with zero attached hydrogens (tertiary/aromatic N) is 1. The summed E-state index contributed by atoms with van der Waals surface area (Å²) in [6.45, 7) is 7.28. The standard InChI is InChI=1S/C35H48ClN3O5S/c1-22-6-5-8-31(35-43-20-29(37)21-44-35)30-13-10-26(30)18-39-15-4-3-7-24-16-28(36)12-9-27(24)19-42-33-14-11-25(17-32(33)39)34(40)38-45(41)23(22)2/h9,11-12,14,16-17,22-23,26,29-31,35H,3-8,10,13,15,18-21,37H2,1-2H3,(H,38,40)/t22-,23+,26-,29-,30+,31-,35-,45?/m0/s1. The molecule has 2 fully saturated rings. The van der Waals surface area contributed by atoms with Gasteiger partial charge in [-0.15, -0.1) is 0 Å². The topological polar surface area (TPSA) is 109 Å². The number of halogens is 1. The summed E-state index contributed by atoms with van der Waals surface area (Å²) in [6.07, 6.45) is 7.92. The molecule has 0 aromatic heterocycles. The van der Waals surface area contributed by atoms with Gasteiger partial charge in [0, 0.05) is 35.5 Å². The minimum absolute atomic E-state index is 0.0818. The van der Waals surface area contributed by atoms with E-state index in [1.54, 1.807) is 6.07 Å². The molecule has 1 amide bonds. The first-order valence-electron chi connectivity index (χ1n) is 16.8. The molecule has 246 valence electrons. The molecule has 10 heteroatoms. The van der Waals surface area contributed by atoms with E-state index in [0.29, 0.717) is 37.2 Å². The van der Waals surface area contributed by atoms with Crippen LogP contribution in [-0.2, 0) is 33.9 Å². The van der Waals surface area contributed by atoms with E-state index in [4.69, 9.17) is 31.5 Å². The van der Waals surface area contributed by atoms with Gasteiger partial charge in [-0.3, -0.25) is 4.79 Å². The fraction of sp³-hybridized carbons (Fsp3) is 0.629. The van der Waals surface area contributed by atoms with Crippen molar-refractivity contribution < 1.29 is 23.6 Å². The van der Waals surface area contributed by atoms with Gasteiger partial charge in [0.2, 0.25) is 0 Å². The van der Waals surface area contributed by atoms with Crippen molar-refractivity contribution in [3.63, 3.8) is 0 Å². The molecule has 3 N–H and O–H groups in total. The van der Waals surface area contributed by atoms with E-state index < -0.39 is 11.4 Å². The van der Waals surface area contributed by atoms with E-state index in [9.17, 15) is 9.35 Å². The Morgan fingerprint density at radius 3 is 2.58 bits per heavy atom. The second kappa shape index (κ2) is 14.8. The maximum absolute atomic E-state index is 13.4. The number of aryl methyl sites for hydroxylation is 1. The Labute approximate surface area is 276 Å². The summed E-state index contributed by atoms with van der Waals surface area (Å²) in [5.74, 6) is 1.84. The molecule has 2 aromatic rings. The molecule has 3 aliphatic heterocycles. The summed E-state index contributed by atoms with van der Waals surface area (Å²) >= 11 is 4.86. The zero-order valence-corrected chi connectivity index (χ0v) is 28.1.